The zero-order valence-corrected chi connectivity index (χ0v) is 18.1. The van der Waals surface area contributed by atoms with Crippen LogP contribution in [0.4, 0.5) is 4.79 Å². The Morgan fingerprint density at radius 3 is 2.52 bits per heavy atom. The van der Waals surface area contributed by atoms with Gasteiger partial charge in [-0.2, -0.15) is 0 Å². The topological polar surface area (TPSA) is 94.8 Å². The van der Waals surface area contributed by atoms with Crippen LogP contribution in [0.3, 0.4) is 0 Å². The van der Waals surface area contributed by atoms with E-state index in [-0.39, 0.29) is 28.9 Å². The van der Waals surface area contributed by atoms with Gasteiger partial charge in [0.2, 0.25) is 0 Å². The Kier molecular flexibility index (Phi) is 6.97. The molecule has 0 spiro atoms. The van der Waals surface area contributed by atoms with Crippen LogP contribution in [0, 0.1) is 12.8 Å². The number of nitrogens with one attached hydrogen (secondary N) is 1. The monoisotopic (exact) mass is 443 g/mol. The van der Waals surface area contributed by atoms with Crippen LogP contribution in [0.1, 0.15) is 25.0 Å². The first-order valence-corrected chi connectivity index (χ1v) is 10.1. The van der Waals surface area contributed by atoms with Crippen molar-refractivity contribution in [2.75, 3.05) is 0 Å². The Hall–Kier alpha value is -3.32. The molecule has 162 valence electrons. The zero-order valence-electron chi connectivity index (χ0n) is 17.3. The number of ether oxygens (including phenoxy) is 2. The molecule has 8 heteroatoms. The summed E-state index contributed by atoms with van der Waals surface area (Å²) in [6.07, 6.45) is -0.728. The van der Waals surface area contributed by atoms with E-state index in [9.17, 15) is 14.4 Å². The van der Waals surface area contributed by atoms with Gasteiger partial charge in [-0.15, -0.1) is 0 Å². The lowest BCUT2D eigenvalue weighted by molar-refractivity contribution is -0.137. The predicted octanol–water partition coefficient (Wildman–Crippen LogP) is 4.61. The van der Waals surface area contributed by atoms with Gasteiger partial charge in [0.25, 0.3) is 0 Å². The fourth-order valence-corrected chi connectivity index (χ4v) is 3.09. The largest absolute Gasteiger partial charge is 0.445 e. The smallest absolute Gasteiger partial charge is 0.408 e. The average molecular weight is 444 g/mol. The molecule has 0 aliphatic heterocycles. The molecular formula is C23H22ClNO6. The van der Waals surface area contributed by atoms with Crippen LogP contribution >= 0.6 is 11.6 Å². The Bertz CT molecular complexity index is 1160. The highest BCUT2D eigenvalue weighted by Crippen LogP contribution is 2.26. The summed E-state index contributed by atoms with van der Waals surface area (Å²) < 4.78 is 15.8. The molecule has 0 aliphatic rings. The normalized spacial score (nSPS) is 11.9. The SMILES string of the molecule is Cc1c(Cl)c(=O)oc2cc(OC(=O)[C@@H](NC(=O)OCc3ccccc3)C(C)C)ccc12. The third-order valence-corrected chi connectivity index (χ3v) is 5.13. The Morgan fingerprint density at radius 2 is 1.84 bits per heavy atom. The first kappa shape index (κ1) is 22.4. The first-order chi connectivity index (χ1) is 14.8. The summed E-state index contributed by atoms with van der Waals surface area (Å²) in [5.41, 5.74) is 0.981. The lowest BCUT2D eigenvalue weighted by Gasteiger charge is -2.20. The third-order valence-electron chi connectivity index (χ3n) is 4.69. The molecule has 1 aromatic heterocycles. The fraction of sp³-hybridized carbons (Fsp3) is 0.261. The number of hydrogen-bond donors (Lipinski definition) is 1. The lowest BCUT2D eigenvalue weighted by Crippen LogP contribution is -2.46. The van der Waals surface area contributed by atoms with E-state index in [0.717, 1.165) is 5.56 Å². The van der Waals surface area contributed by atoms with E-state index in [0.29, 0.717) is 10.9 Å². The molecule has 7 nitrogen and oxygen atoms in total. The van der Waals surface area contributed by atoms with Crippen LogP contribution in [0.25, 0.3) is 11.0 Å². The number of halogens is 1. The summed E-state index contributed by atoms with van der Waals surface area (Å²) in [4.78, 5) is 36.7. The minimum atomic E-state index is -0.932. The zero-order chi connectivity index (χ0) is 22.5. The number of carbonyl (C=O) groups excluding carboxylic acids is 2. The molecule has 0 unspecified atom stereocenters. The maximum atomic E-state index is 12.7. The van der Waals surface area contributed by atoms with Gasteiger partial charge < -0.3 is 19.2 Å². The quantitative estimate of drug-likeness (QED) is 0.339. The lowest BCUT2D eigenvalue weighted by atomic mass is 10.1. The standard InChI is InChI=1S/C23H22ClNO6/c1-13(2)20(25-23(28)29-12-15-7-5-4-6-8-15)22(27)30-16-9-10-17-14(3)19(24)21(26)31-18(17)11-16/h4-11,13,20H,12H2,1-3H3,(H,25,28)/t20-/m0/s1. The second-order valence-electron chi connectivity index (χ2n) is 7.34. The Morgan fingerprint density at radius 1 is 1.13 bits per heavy atom. The van der Waals surface area contributed by atoms with Crippen molar-refractivity contribution in [3.63, 3.8) is 0 Å². The van der Waals surface area contributed by atoms with Crippen molar-refractivity contribution in [3.8, 4) is 5.75 Å². The number of amides is 1. The Labute approximate surface area is 183 Å². The van der Waals surface area contributed by atoms with Gasteiger partial charge in [-0.25, -0.2) is 14.4 Å². The number of hydrogen-bond acceptors (Lipinski definition) is 6. The number of carbonyl (C=O) groups is 2. The molecule has 0 aliphatic carbocycles. The minimum Gasteiger partial charge on any atom is -0.445 e. The number of esters is 1. The highest BCUT2D eigenvalue weighted by atomic mass is 35.5. The molecule has 0 saturated carbocycles. The van der Waals surface area contributed by atoms with E-state index in [4.69, 9.17) is 25.5 Å². The molecule has 1 atom stereocenters. The second kappa shape index (κ2) is 9.66. The molecule has 1 heterocycles. The van der Waals surface area contributed by atoms with Gasteiger partial charge in [-0.05, 0) is 36.1 Å². The van der Waals surface area contributed by atoms with Crippen molar-refractivity contribution in [3.05, 3.63) is 75.1 Å². The van der Waals surface area contributed by atoms with Crippen molar-refractivity contribution in [2.45, 2.75) is 33.4 Å². The van der Waals surface area contributed by atoms with Crippen LogP contribution < -0.4 is 15.7 Å². The van der Waals surface area contributed by atoms with E-state index in [2.05, 4.69) is 5.32 Å². The summed E-state index contributed by atoms with van der Waals surface area (Å²) in [7, 11) is 0. The van der Waals surface area contributed by atoms with Crippen molar-refractivity contribution < 1.29 is 23.5 Å². The summed E-state index contributed by atoms with van der Waals surface area (Å²) >= 11 is 5.93. The number of alkyl carbamates (subject to hydrolysis) is 1. The minimum absolute atomic E-state index is 0.00957. The molecule has 1 N–H and O–H groups in total. The fourth-order valence-electron chi connectivity index (χ4n) is 2.95. The molecule has 3 rings (SSSR count). The van der Waals surface area contributed by atoms with Crippen molar-refractivity contribution in [1.29, 1.82) is 0 Å². The van der Waals surface area contributed by atoms with E-state index in [1.54, 1.807) is 32.9 Å². The van der Waals surface area contributed by atoms with Gasteiger partial charge in [0, 0.05) is 11.5 Å². The van der Waals surface area contributed by atoms with Crippen molar-refractivity contribution >= 4 is 34.6 Å². The van der Waals surface area contributed by atoms with E-state index >= 15 is 0 Å². The van der Waals surface area contributed by atoms with Crippen LogP contribution in [-0.2, 0) is 16.1 Å². The van der Waals surface area contributed by atoms with Gasteiger partial charge in [-0.3, -0.25) is 0 Å². The summed E-state index contributed by atoms with van der Waals surface area (Å²) in [6.45, 7) is 5.33. The van der Waals surface area contributed by atoms with E-state index in [1.165, 1.54) is 6.07 Å². The Balaban J connectivity index is 1.69. The second-order valence-corrected chi connectivity index (χ2v) is 7.71. The third kappa shape index (κ3) is 5.44. The van der Waals surface area contributed by atoms with Crippen LogP contribution in [0.2, 0.25) is 5.02 Å². The summed E-state index contributed by atoms with van der Waals surface area (Å²) in [5.74, 6) is -0.747. The summed E-state index contributed by atoms with van der Waals surface area (Å²) in [5, 5.41) is 3.18. The van der Waals surface area contributed by atoms with Gasteiger partial charge in [0.05, 0.1) is 0 Å². The molecule has 1 amide bonds. The van der Waals surface area contributed by atoms with Gasteiger partial charge in [0.15, 0.2) is 0 Å². The summed E-state index contributed by atoms with van der Waals surface area (Å²) in [6, 6.07) is 12.9. The number of rotatable bonds is 6. The van der Waals surface area contributed by atoms with E-state index in [1.807, 2.05) is 30.3 Å². The van der Waals surface area contributed by atoms with E-state index < -0.39 is 23.7 Å². The molecule has 2 aromatic carbocycles. The number of benzene rings is 2. The van der Waals surface area contributed by atoms with Crippen molar-refractivity contribution in [1.82, 2.24) is 5.32 Å². The van der Waals surface area contributed by atoms with Gasteiger partial charge in [-0.1, -0.05) is 55.8 Å². The molecule has 31 heavy (non-hydrogen) atoms. The van der Waals surface area contributed by atoms with Crippen molar-refractivity contribution in [2.24, 2.45) is 5.92 Å². The average Bonchev–Trinajstić information content (AvgIpc) is 2.74. The molecule has 0 radical (unpaired) electrons. The molecule has 3 aromatic rings. The van der Waals surface area contributed by atoms with Gasteiger partial charge >= 0.3 is 17.7 Å². The molecule has 0 saturated heterocycles. The predicted molar refractivity (Wildman–Crippen MR) is 116 cm³/mol. The maximum Gasteiger partial charge on any atom is 0.408 e. The number of aryl methyl sites for hydroxylation is 1. The molecule has 0 bridgehead atoms. The maximum absolute atomic E-state index is 12.7. The highest BCUT2D eigenvalue weighted by Gasteiger charge is 2.27. The first-order valence-electron chi connectivity index (χ1n) is 9.68. The molecular weight excluding hydrogens is 422 g/mol. The molecule has 0 fully saturated rings. The highest BCUT2D eigenvalue weighted by molar-refractivity contribution is 6.31. The van der Waals surface area contributed by atoms with Crippen LogP contribution in [0.15, 0.2) is 57.7 Å². The van der Waals surface area contributed by atoms with Crippen LogP contribution in [0.5, 0.6) is 5.75 Å². The van der Waals surface area contributed by atoms with Crippen LogP contribution in [-0.4, -0.2) is 18.1 Å². The van der Waals surface area contributed by atoms with Gasteiger partial charge in [0.1, 0.15) is 29.0 Å². The number of fused-ring (bicyclic) bond motifs is 1.